The molecule has 0 aromatic rings. The van der Waals surface area contributed by atoms with Crippen LogP contribution >= 0.6 is 0 Å². The molecule has 6 heteroatoms. The number of allylic oxidation sites excluding steroid dienone is 7. The molecule has 0 rings (SSSR count). The molecule has 20 heavy (non-hydrogen) atoms. The van der Waals surface area contributed by atoms with Gasteiger partial charge in [-0.15, -0.1) is 0 Å². The van der Waals surface area contributed by atoms with Gasteiger partial charge in [-0.25, -0.2) is 4.39 Å². The summed E-state index contributed by atoms with van der Waals surface area (Å²) in [6.45, 7) is 15.2. The van der Waals surface area contributed by atoms with Crippen LogP contribution in [-0.4, -0.2) is 23.8 Å². The number of rotatable bonds is 8. The van der Waals surface area contributed by atoms with Crippen molar-refractivity contribution in [1.29, 1.82) is 0 Å². The van der Waals surface area contributed by atoms with Crippen molar-refractivity contribution in [2.75, 3.05) is 6.61 Å². The van der Waals surface area contributed by atoms with Gasteiger partial charge in [0.2, 0.25) is 5.83 Å². The summed E-state index contributed by atoms with van der Waals surface area (Å²) < 4.78 is 32.1. The van der Waals surface area contributed by atoms with E-state index >= 15 is 0 Å². The van der Waals surface area contributed by atoms with Gasteiger partial charge in [0, 0.05) is 5.57 Å². The first-order valence-corrected chi connectivity index (χ1v) is 5.71. The molecular formula is C14H17BF2O3. The fourth-order valence-electron chi connectivity index (χ4n) is 1.03. The number of hydrogen-bond donors (Lipinski definition) is 2. The van der Waals surface area contributed by atoms with Crippen molar-refractivity contribution < 1.29 is 23.6 Å². The third-order valence-electron chi connectivity index (χ3n) is 2.24. The van der Waals surface area contributed by atoms with Gasteiger partial charge in [-0.3, -0.25) is 0 Å². The zero-order valence-corrected chi connectivity index (χ0v) is 11.3. The monoisotopic (exact) mass is 282 g/mol. The molecule has 0 radical (unpaired) electrons. The van der Waals surface area contributed by atoms with E-state index in [1.54, 1.807) is 6.92 Å². The zero-order chi connectivity index (χ0) is 15.9. The maximum atomic E-state index is 13.7. The number of halogens is 2. The first kappa shape index (κ1) is 18.1. The van der Waals surface area contributed by atoms with Crippen LogP contribution in [0.25, 0.3) is 0 Å². The summed E-state index contributed by atoms with van der Waals surface area (Å²) in [6, 6.07) is 0. The van der Waals surface area contributed by atoms with E-state index in [0.29, 0.717) is 0 Å². The first-order chi connectivity index (χ1) is 9.22. The lowest BCUT2D eigenvalue weighted by molar-refractivity contribution is 0.224. The van der Waals surface area contributed by atoms with Gasteiger partial charge in [0.1, 0.15) is 0 Å². The quantitative estimate of drug-likeness (QED) is 0.409. The highest BCUT2D eigenvalue weighted by Crippen LogP contribution is 2.26. The van der Waals surface area contributed by atoms with E-state index in [4.69, 9.17) is 14.8 Å². The molecule has 0 amide bonds. The average molecular weight is 282 g/mol. The lowest BCUT2D eigenvalue weighted by atomic mass is 9.80. The Morgan fingerprint density at radius 2 is 1.65 bits per heavy atom. The summed E-state index contributed by atoms with van der Waals surface area (Å²) in [7, 11) is -1.73. The van der Waals surface area contributed by atoms with Gasteiger partial charge in [0.25, 0.3) is 0 Å². The van der Waals surface area contributed by atoms with Crippen LogP contribution in [0.4, 0.5) is 8.78 Å². The molecule has 2 N–H and O–H groups in total. The summed E-state index contributed by atoms with van der Waals surface area (Å²) in [5.41, 5.74) is -0.286. The third-order valence-corrected chi connectivity index (χ3v) is 2.24. The molecule has 0 saturated heterocycles. The van der Waals surface area contributed by atoms with E-state index in [9.17, 15) is 8.78 Å². The van der Waals surface area contributed by atoms with E-state index in [0.717, 1.165) is 0 Å². The Morgan fingerprint density at radius 1 is 1.10 bits per heavy atom. The van der Waals surface area contributed by atoms with Crippen LogP contribution in [0.2, 0.25) is 0 Å². The van der Waals surface area contributed by atoms with Gasteiger partial charge >= 0.3 is 7.12 Å². The molecule has 108 valence electrons. The zero-order valence-electron chi connectivity index (χ0n) is 11.3. The van der Waals surface area contributed by atoms with Gasteiger partial charge < -0.3 is 14.8 Å². The number of ether oxygens (including phenoxy) is 1. The minimum atomic E-state index is -1.73. The van der Waals surface area contributed by atoms with Crippen LogP contribution in [0, 0.1) is 0 Å². The second kappa shape index (κ2) is 8.29. The van der Waals surface area contributed by atoms with E-state index in [1.165, 1.54) is 12.2 Å². The molecule has 3 nitrogen and oxygen atoms in total. The number of hydrogen-bond acceptors (Lipinski definition) is 3. The first-order valence-electron chi connectivity index (χ1n) is 5.71. The Hall–Kier alpha value is -1.92. The van der Waals surface area contributed by atoms with Crippen molar-refractivity contribution in [3.05, 3.63) is 72.5 Å². The van der Waals surface area contributed by atoms with E-state index in [2.05, 4.69) is 26.3 Å². The predicted octanol–water partition coefficient (Wildman–Crippen LogP) is 2.92. The Bertz CT molecular complexity index is 491. The maximum absolute atomic E-state index is 13.7. The second-order valence-corrected chi connectivity index (χ2v) is 3.77. The predicted molar refractivity (Wildman–Crippen MR) is 76.8 cm³/mol. The van der Waals surface area contributed by atoms with Crippen LogP contribution in [-0.2, 0) is 4.74 Å². The Balaban J connectivity index is 4.99. The molecule has 0 aliphatic heterocycles. The van der Waals surface area contributed by atoms with Crippen molar-refractivity contribution in [3.8, 4) is 0 Å². The standard InChI is InChI=1S/C14H17BF2O3/c1-6-20-12(5)14(17)13(16)11(4)9(2)7-8-10(3)15(18)19/h7-8,18-19H,2-6H2,1H3/b8-7-,14-13-. The summed E-state index contributed by atoms with van der Waals surface area (Å²) >= 11 is 0. The molecule has 0 atom stereocenters. The molecule has 0 spiro atoms. The smallest absolute Gasteiger partial charge is 0.487 e. The third kappa shape index (κ3) is 5.38. The van der Waals surface area contributed by atoms with Gasteiger partial charge in [-0.05, 0) is 18.0 Å². The fraction of sp³-hybridized carbons (Fsp3) is 0.143. The van der Waals surface area contributed by atoms with E-state index in [-0.39, 0.29) is 23.2 Å². The summed E-state index contributed by atoms with van der Waals surface area (Å²) in [6.07, 6.45) is 2.45. The van der Waals surface area contributed by atoms with Crippen LogP contribution in [0.15, 0.2) is 72.5 Å². The SMILES string of the molecule is C=C(/C=C\C(=C)C(=C)/C(F)=C(/F)C(=C)OCC)B(O)O. The molecule has 0 heterocycles. The van der Waals surface area contributed by atoms with E-state index in [1.807, 2.05) is 0 Å². The molecule has 0 aliphatic rings. The summed E-state index contributed by atoms with van der Waals surface area (Å²) in [5.74, 6) is -2.93. The molecule has 0 aliphatic carbocycles. The van der Waals surface area contributed by atoms with Gasteiger partial charge in [0.05, 0.1) is 6.61 Å². The minimum Gasteiger partial charge on any atom is -0.491 e. The highest BCUT2D eigenvalue weighted by atomic mass is 19.2. The molecule has 0 fully saturated rings. The van der Waals surface area contributed by atoms with Crippen molar-refractivity contribution in [2.24, 2.45) is 0 Å². The molecule has 0 aromatic heterocycles. The van der Waals surface area contributed by atoms with E-state index < -0.39 is 24.5 Å². The van der Waals surface area contributed by atoms with Gasteiger partial charge in [-0.1, -0.05) is 38.5 Å². The summed E-state index contributed by atoms with van der Waals surface area (Å²) in [5, 5.41) is 17.6. The normalized spacial score (nSPS) is 11.8. The van der Waals surface area contributed by atoms with Crippen LogP contribution in [0.1, 0.15) is 6.92 Å². The largest absolute Gasteiger partial charge is 0.491 e. The molecule has 0 bridgehead atoms. The summed E-state index contributed by atoms with van der Waals surface area (Å²) in [4.78, 5) is 0. The second-order valence-electron chi connectivity index (χ2n) is 3.77. The van der Waals surface area contributed by atoms with Gasteiger partial charge in [-0.2, -0.15) is 4.39 Å². The lowest BCUT2D eigenvalue weighted by Gasteiger charge is -2.08. The minimum absolute atomic E-state index is 0.0254. The van der Waals surface area contributed by atoms with Crippen LogP contribution in [0.3, 0.4) is 0 Å². The average Bonchev–Trinajstić information content (AvgIpc) is 2.41. The highest BCUT2D eigenvalue weighted by molar-refractivity contribution is 6.51. The Kier molecular flexibility index (Phi) is 7.50. The Labute approximate surface area is 117 Å². The van der Waals surface area contributed by atoms with Crippen molar-refractivity contribution in [2.45, 2.75) is 6.92 Å². The van der Waals surface area contributed by atoms with Crippen LogP contribution in [0.5, 0.6) is 0 Å². The lowest BCUT2D eigenvalue weighted by Crippen LogP contribution is -2.12. The Morgan fingerprint density at radius 3 is 2.10 bits per heavy atom. The van der Waals surface area contributed by atoms with Gasteiger partial charge in [0.15, 0.2) is 11.6 Å². The van der Waals surface area contributed by atoms with Crippen LogP contribution < -0.4 is 0 Å². The maximum Gasteiger partial charge on any atom is 0.487 e. The van der Waals surface area contributed by atoms with Crippen molar-refractivity contribution >= 4 is 7.12 Å². The molecular weight excluding hydrogens is 265 g/mol. The molecule has 0 saturated carbocycles. The molecule has 0 aromatic carbocycles. The van der Waals surface area contributed by atoms with Crippen molar-refractivity contribution in [3.63, 3.8) is 0 Å². The highest BCUT2D eigenvalue weighted by Gasteiger charge is 2.15. The molecule has 0 unspecified atom stereocenters. The fourth-order valence-corrected chi connectivity index (χ4v) is 1.03. The topological polar surface area (TPSA) is 49.7 Å². The van der Waals surface area contributed by atoms with Crippen molar-refractivity contribution in [1.82, 2.24) is 0 Å².